The van der Waals surface area contributed by atoms with Crippen molar-refractivity contribution >= 4 is 5.91 Å². The van der Waals surface area contributed by atoms with Crippen LogP contribution in [0.1, 0.15) is 271 Å². The van der Waals surface area contributed by atoms with Gasteiger partial charge in [0.25, 0.3) is 0 Å². The van der Waals surface area contributed by atoms with E-state index in [1.165, 1.54) is 193 Å². The summed E-state index contributed by atoms with van der Waals surface area (Å²) in [6, 6.07) is -0.827. The van der Waals surface area contributed by atoms with Gasteiger partial charge in [-0.15, -0.1) is 0 Å². The van der Waals surface area contributed by atoms with Gasteiger partial charge in [-0.1, -0.05) is 249 Å². The zero-order chi connectivity index (χ0) is 50.1. The van der Waals surface area contributed by atoms with Crippen molar-refractivity contribution in [1.82, 2.24) is 5.32 Å². The first-order valence-electron chi connectivity index (χ1n) is 29.4. The van der Waals surface area contributed by atoms with Crippen molar-refractivity contribution < 1.29 is 39.8 Å². The third kappa shape index (κ3) is 39.4. The summed E-state index contributed by atoms with van der Waals surface area (Å²) < 4.78 is 11.3. The molecule has 7 atom stereocenters. The molecule has 1 fully saturated rings. The molecule has 1 saturated heterocycles. The number of aliphatic hydroxyl groups is 5. The van der Waals surface area contributed by atoms with Gasteiger partial charge in [0.1, 0.15) is 24.4 Å². The number of aliphatic hydroxyl groups excluding tert-OH is 5. The average Bonchev–Trinajstić information content (AvgIpc) is 3.35. The second kappa shape index (κ2) is 49.7. The number of rotatable bonds is 50. The monoisotopic (exact) mass is 974 g/mol. The summed E-state index contributed by atoms with van der Waals surface area (Å²) in [6.45, 7) is 3.75. The zero-order valence-electron chi connectivity index (χ0n) is 44.8. The van der Waals surface area contributed by atoms with Crippen molar-refractivity contribution in [2.24, 2.45) is 0 Å². The lowest BCUT2D eigenvalue weighted by molar-refractivity contribution is -0.302. The van der Waals surface area contributed by atoms with Crippen molar-refractivity contribution in [3.63, 3.8) is 0 Å². The summed E-state index contributed by atoms with van der Waals surface area (Å²) in [5.74, 6) is -0.194. The first-order valence-corrected chi connectivity index (χ1v) is 29.4. The predicted molar refractivity (Wildman–Crippen MR) is 290 cm³/mol. The Morgan fingerprint density at radius 3 is 1.33 bits per heavy atom. The van der Waals surface area contributed by atoms with E-state index >= 15 is 0 Å². The molecule has 0 radical (unpaired) electrons. The van der Waals surface area contributed by atoms with Crippen LogP contribution in [0, 0.1) is 0 Å². The van der Waals surface area contributed by atoms with Crippen LogP contribution in [0.2, 0.25) is 0 Å². The van der Waals surface area contributed by atoms with E-state index in [2.05, 4.69) is 55.6 Å². The van der Waals surface area contributed by atoms with Gasteiger partial charge in [0.15, 0.2) is 6.29 Å². The highest BCUT2D eigenvalue weighted by atomic mass is 16.7. The van der Waals surface area contributed by atoms with Gasteiger partial charge in [-0.2, -0.15) is 0 Å². The Morgan fingerprint density at radius 2 is 0.870 bits per heavy atom. The molecule has 0 saturated carbocycles. The Kier molecular flexibility index (Phi) is 47.0. The Hall–Kier alpha value is -1.85. The fourth-order valence-electron chi connectivity index (χ4n) is 9.20. The molecule has 1 rings (SSSR count). The Bertz CT molecular complexity index is 1220. The van der Waals surface area contributed by atoms with Gasteiger partial charge < -0.3 is 40.3 Å². The number of nitrogens with one attached hydrogen (secondary N) is 1. The Balaban J connectivity index is 2.22. The molecule has 1 heterocycles. The highest BCUT2D eigenvalue weighted by molar-refractivity contribution is 5.76. The molecule has 7 unspecified atom stereocenters. The molecule has 69 heavy (non-hydrogen) atoms. The van der Waals surface area contributed by atoms with E-state index in [0.29, 0.717) is 6.42 Å². The van der Waals surface area contributed by atoms with E-state index in [-0.39, 0.29) is 12.5 Å². The van der Waals surface area contributed by atoms with Crippen LogP contribution in [0.15, 0.2) is 48.6 Å². The third-order valence-corrected chi connectivity index (χ3v) is 13.9. The van der Waals surface area contributed by atoms with Crippen LogP contribution in [0.4, 0.5) is 0 Å². The maximum absolute atomic E-state index is 13.0. The average molecular weight is 975 g/mol. The van der Waals surface area contributed by atoms with Crippen LogP contribution in [-0.2, 0) is 14.3 Å². The highest BCUT2D eigenvalue weighted by Gasteiger charge is 2.44. The molecule has 6 N–H and O–H groups in total. The van der Waals surface area contributed by atoms with Crippen LogP contribution in [0.25, 0.3) is 0 Å². The van der Waals surface area contributed by atoms with Gasteiger partial charge >= 0.3 is 0 Å². The molecule has 404 valence electrons. The predicted octanol–water partition coefficient (Wildman–Crippen LogP) is 14.5. The molecule has 0 aromatic carbocycles. The molecule has 0 spiro atoms. The van der Waals surface area contributed by atoms with Gasteiger partial charge in [-0.3, -0.25) is 4.79 Å². The molecule has 1 amide bonds. The van der Waals surface area contributed by atoms with E-state index in [0.717, 1.165) is 57.8 Å². The summed E-state index contributed by atoms with van der Waals surface area (Å²) in [5.41, 5.74) is 0. The maximum Gasteiger partial charge on any atom is 0.220 e. The lowest BCUT2D eigenvalue weighted by Crippen LogP contribution is -2.60. The number of hydrogen-bond acceptors (Lipinski definition) is 8. The molecular weight excluding hydrogens is 863 g/mol. The fraction of sp³-hybridized carbons (Fsp3) is 0.850. The lowest BCUT2D eigenvalue weighted by atomic mass is 9.99. The van der Waals surface area contributed by atoms with Crippen molar-refractivity contribution in [2.45, 2.75) is 314 Å². The molecule has 1 aliphatic heterocycles. The summed E-state index contributed by atoms with van der Waals surface area (Å²) in [6.07, 6.45) is 59.0. The highest BCUT2D eigenvalue weighted by Crippen LogP contribution is 2.23. The minimum absolute atomic E-state index is 0.194. The quantitative estimate of drug-likeness (QED) is 0.0261. The van der Waals surface area contributed by atoms with E-state index < -0.39 is 49.5 Å². The second-order valence-corrected chi connectivity index (χ2v) is 20.4. The number of ether oxygens (including phenoxy) is 2. The number of carbonyl (C=O) groups excluding carboxylic acids is 1. The van der Waals surface area contributed by atoms with Gasteiger partial charge in [-0.25, -0.2) is 0 Å². The number of allylic oxidation sites excluding steroid dienone is 7. The third-order valence-electron chi connectivity index (χ3n) is 13.9. The van der Waals surface area contributed by atoms with E-state index in [9.17, 15) is 30.3 Å². The molecule has 0 aromatic heterocycles. The first kappa shape index (κ1) is 65.2. The largest absolute Gasteiger partial charge is 0.394 e. The number of carbonyl (C=O) groups is 1. The molecule has 0 bridgehead atoms. The minimum Gasteiger partial charge on any atom is -0.394 e. The molecule has 9 nitrogen and oxygen atoms in total. The van der Waals surface area contributed by atoms with Gasteiger partial charge in [0.05, 0.1) is 25.4 Å². The Labute approximate surface area is 424 Å². The zero-order valence-corrected chi connectivity index (χ0v) is 44.8. The van der Waals surface area contributed by atoms with Crippen LogP contribution in [-0.4, -0.2) is 87.5 Å². The SMILES string of the molecule is CCCCC/C=C\C/C=C\CCCCCCCCCC(=O)NC(COC1OC(CO)C(O)C(O)C1O)C(O)/C=C/CC/C=C/CCCCCCCCCCCCCCCCCCCCCCCCC. The molecule has 9 heteroatoms. The van der Waals surface area contributed by atoms with Crippen molar-refractivity contribution in [3.8, 4) is 0 Å². The van der Waals surface area contributed by atoms with Crippen LogP contribution >= 0.6 is 0 Å². The Morgan fingerprint density at radius 1 is 0.493 bits per heavy atom. The topological polar surface area (TPSA) is 149 Å². The summed E-state index contributed by atoms with van der Waals surface area (Å²) >= 11 is 0. The minimum atomic E-state index is -1.57. The van der Waals surface area contributed by atoms with Gasteiger partial charge in [-0.05, 0) is 64.2 Å². The van der Waals surface area contributed by atoms with Crippen LogP contribution < -0.4 is 5.32 Å². The van der Waals surface area contributed by atoms with E-state index in [1.807, 2.05) is 6.08 Å². The van der Waals surface area contributed by atoms with E-state index in [4.69, 9.17) is 9.47 Å². The van der Waals surface area contributed by atoms with Crippen LogP contribution in [0.5, 0.6) is 0 Å². The van der Waals surface area contributed by atoms with Crippen molar-refractivity contribution in [3.05, 3.63) is 48.6 Å². The van der Waals surface area contributed by atoms with Crippen molar-refractivity contribution in [2.75, 3.05) is 13.2 Å². The smallest absolute Gasteiger partial charge is 0.220 e. The van der Waals surface area contributed by atoms with Gasteiger partial charge in [0, 0.05) is 6.42 Å². The summed E-state index contributed by atoms with van der Waals surface area (Å²) in [4.78, 5) is 13.0. The molecular formula is C60H111NO8. The standard InChI is InChI=1S/C60H111NO8/c1-3-5-7-9-11-13-15-17-19-21-22-23-24-25-26-27-28-29-30-31-32-34-35-37-39-41-43-45-47-49-54(63)53(52-68-60-59(67)58(66)57(65)55(51-62)69-60)61-56(64)50-48-46-44-42-40-38-36-33-20-18-16-14-12-10-8-6-4-2/h12,14,18,20,39,41,47,49,53-55,57-60,62-63,65-67H,3-11,13,15-17,19,21-38,40,42-46,48,50-52H2,1-2H3,(H,61,64)/b14-12-,20-18-,41-39+,49-47+. The van der Waals surface area contributed by atoms with Gasteiger partial charge in [0.2, 0.25) is 5.91 Å². The first-order chi connectivity index (χ1) is 33.8. The maximum atomic E-state index is 13.0. The summed E-state index contributed by atoms with van der Waals surface area (Å²) in [7, 11) is 0. The molecule has 1 aliphatic rings. The fourth-order valence-corrected chi connectivity index (χ4v) is 9.20. The number of amides is 1. The molecule has 0 aromatic rings. The second-order valence-electron chi connectivity index (χ2n) is 20.4. The van der Waals surface area contributed by atoms with Crippen LogP contribution in [0.3, 0.4) is 0 Å². The summed E-state index contributed by atoms with van der Waals surface area (Å²) in [5, 5.41) is 54.5. The van der Waals surface area contributed by atoms with Crippen molar-refractivity contribution in [1.29, 1.82) is 0 Å². The van der Waals surface area contributed by atoms with E-state index in [1.54, 1.807) is 6.08 Å². The number of hydrogen-bond donors (Lipinski definition) is 6. The normalized spacial score (nSPS) is 19.8. The molecule has 0 aliphatic carbocycles. The lowest BCUT2D eigenvalue weighted by Gasteiger charge is -2.40. The number of unbranched alkanes of at least 4 members (excludes halogenated alkanes) is 34.